The fourth-order valence-electron chi connectivity index (χ4n) is 3.37. The molecule has 0 spiro atoms. The van der Waals surface area contributed by atoms with Crippen LogP contribution in [0.2, 0.25) is 0 Å². The van der Waals surface area contributed by atoms with Crippen molar-refractivity contribution in [3.05, 3.63) is 30.3 Å². The van der Waals surface area contributed by atoms with E-state index in [9.17, 15) is 0 Å². The highest BCUT2D eigenvalue weighted by molar-refractivity contribution is 5.20. The molecule has 1 atom stereocenters. The van der Waals surface area contributed by atoms with Gasteiger partial charge in [-0.15, -0.1) is 0 Å². The first kappa shape index (κ1) is 16.4. The van der Waals surface area contributed by atoms with Crippen LogP contribution in [0.3, 0.4) is 0 Å². The third-order valence-electron chi connectivity index (χ3n) is 4.55. The maximum absolute atomic E-state index is 5.77. The number of benzene rings is 1. The van der Waals surface area contributed by atoms with E-state index in [-0.39, 0.29) is 0 Å². The highest BCUT2D eigenvalue weighted by atomic mass is 16.5. The summed E-state index contributed by atoms with van der Waals surface area (Å²) in [7, 11) is 0. The molecule has 1 aliphatic carbocycles. The lowest BCUT2D eigenvalue weighted by atomic mass is 9.93. The van der Waals surface area contributed by atoms with E-state index < -0.39 is 0 Å². The molecular formula is C19H31NO. The van der Waals surface area contributed by atoms with Crippen LogP contribution in [0, 0.1) is 5.92 Å². The summed E-state index contributed by atoms with van der Waals surface area (Å²) in [5, 5.41) is 3.78. The Balaban J connectivity index is 1.62. The monoisotopic (exact) mass is 289 g/mol. The van der Waals surface area contributed by atoms with Crippen LogP contribution in [-0.2, 0) is 0 Å². The SMILES string of the molecule is CCCNC(CCCCOc1ccccc1)C1CCCC1. The first-order valence-electron chi connectivity index (χ1n) is 8.81. The fourth-order valence-corrected chi connectivity index (χ4v) is 3.37. The lowest BCUT2D eigenvalue weighted by Gasteiger charge is -2.24. The highest BCUT2D eigenvalue weighted by Gasteiger charge is 2.23. The second-order valence-corrected chi connectivity index (χ2v) is 6.26. The highest BCUT2D eigenvalue weighted by Crippen LogP contribution is 2.29. The molecule has 1 aromatic carbocycles. The van der Waals surface area contributed by atoms with Crippen molar-refractivity contribution in [2.24, 2.45) is 5.92 Å². The third kappa shape index (κ3) is 6.09. The minimum Gasteiger partial charge on any atom is -0.494 e. The Kier molecular flexibility index (Phi) is 7.66. The molecule has 2 rings (SSSR count). The Morgan fingerprint density at radius 1 is 1.14 bits per heavy atom. The molecule has 0 heterocycles. The number of unbranched alkanes of at least 4 members (excludes halogenated alkanes) is 1. The van der Waals surface area contributed by atoms with Gasteiger partial charge in [0, 0.05) is 6.04 Å². The molecule has 1 fully saturated rings. The van der Waals surface area contributed by atoms with Crippen LogP contribution in [-0.4, -0.2) is 19.2 Å². The Bertz CT molecular complexity index is 359. The van der Waals surface area contributed by atoms with E-state index in [0.717, 1.165) is 30.7 Å². The molecule has 0 saturated heterocycles. The van der Waals surface area contributed by atoms with E-state index >= 15 is 0 Å². The number of hydrogen-bond acceptors (Lipinski definition) is 2. The first-order chi connectivity index (χ1) is 10.4. The Morgan fingerprint density at radius 3 is 2.62 bits per heavy atom. The van der Waals surface area contributed by atoms with E-state index in [2.05, 4.69) is 12.2 Å². The minimum absolute atomic E-state index is 0.740. The minimum atomic E-state index is 0.740. The van der Waals surface area contributed by atoms with E-state index in [4.69, 9.17) is 4.74 Å². The zero-order valence-electron chi connectivity index (χ0n) is 13.5. The van der Waals surface area contributed by atoms with E-state index in [1.54, 1.807) is 0 Å². The number of hydrogen-bond donors (Lipinski definition) is 1. The van der Waals surface area contributed by atoms with Gasteiger partial charge in [-0.1, -0.05) is 38.0 Å². The van der Waals surface area contributed by atoms with E-state index in [0.29, 0.717) is 0 Å². The molecule has 1 saturated carbocycles. The maximum atomic E-state index is 5.77. The lowest BCUT2D eigenvalue weighted by Crippen LogP contribution is -2.35. The van der Waals surface area contributed by atoms with Gasteiger partial charge in [0.05, 0.1) is 6.61 Å². The molecule has 0 aliphatic heterocycles. The summed E-state index contributed by atoms with van der Waals surface area (Å²) >= 11 is 0. The Morgan fingerprint density at radius 2 is 1.90 bits per heavy atom. The lowest BCUT2D eigenvalue weighted by molar-refractivity contribution is 0.286. The Hall–Kier alpha value is -1.02. The number of ether oxygens (including phenoxy) is 1. The van der Waals surface area contributed by atoms with Crippen LogP contribution in [0.15, 0.2) is 30.3 Å². The van der Waals surface area contributed by atoms with Gasteiger partial charge in [0.2, 0.25) is 0 Å². The molecule has 2 nitrogen and oxygen atoms in total. The average Bonchev–Trinajstić information content (AvgIpc) is 3.05. The van der Waals surface area contributed by atoms with Gasteiger partial charge in [0.1, 0.15) is 5.75 Å². The zero-order valence-corrected chi connectivity index (χ0v) is 13.5. The van der Waals surface area contributed by atoms with Gasteiger partial charge in [-0.25, -0.2) is 0 Å². The second-order valence-electron chi connectivity index (χ2n) is 6.26. The van der Waals surface area contributed by atoms with Gasteiger partial charge in [-0.05, 0) is 63.1 Å². The number of para-hydroxylation sites is 1. The second kappa shape index (κ2) is 9.83. The summed E-state index contributed by atoms with van der Waals surface area (Å²) in [6.45, 7) is 4.27. The fraction of sp³-hybridized carbons (Fsp3) is 0.684. The van der Waals surface area contributed by atoms with Crippen LogP contribution in [0.5, 0.6) is 5.75 Å². The molecule has 0 bridgehead atoms. The molecule has 1 aliphatic rings. The van der Waals surface area contributed by atoms with Crippen molar-refractivity contribution in [3.63, 3.8) is 0 Å². The van der Waals surface area contributed by atoms with Crippen LogP contribution < -0.4 is 10.1 Å². The maximum Gasteiger partial charge on any atom is 0.119 e. The van der Waals surface area contributed by atoms with Gasteiger partial charge < -0.3 is 10.1 Å². The van der Waals surface area contributed by atoms with Crippen molar-refractivity contribution in [1.82, 2.24) is 5.32 Å². The number of nitrogens with one attached hydrogen (secondary N) is 1. The average molecular weight is 289 g/mol. The molecular weight excluding hydrogens is 258 g/mol. The molecule has 1 N–H and O–H groups in total. The largest absolute Gasteiger partial charge is 0.494 e. The van der Waals surface area contributed by atoms with Crippen molar-refractivity contribution < 1.29 is 4.74 Å². The summed E-state index contributed by atoms with van der Waals surface area (Å²) in [5.74, 6) is 1.92. The molecule has 0 aromatic heterocycles. The normalized spacial score (nSPS) is 17.0. The van der Waals surface area contributed by atoms with Gasteiger partial charge >= 0.3 is 0 Å². The van der Waals surface area contributed by atoms with Crippen molar-refractivity contribution in [3.8, 4) is 5.75 Å². The molecule has 1 aromatic rings. The summed E-state index contributed by atoms with van der Waals surface area (Å²) < 4.78 is 5.77. The molecule has 1 unspecified atom stereocenters. The van der Waals surface area contributed by atoms with Crippen LogP contribution in [0.25, 0.3) is 0 Å². The van der Waals surface area contributed by atoms with Crippen molar-refractivity contribution in [2.45, 2.75) is 64.3 Å². The topological polar surface area (TPSA) is 21.3 Å². The Labute approximate surface area is 130 Å². The van der Waals surface area contributed by atoms with Gasteiger partial charge in [-0.2, -0.15) is 0 Å². The van der Waals surface area contributed by atoms with E-state index in [1.165, 1.54) is 51.5 Å². The van der Waals surface area contributed by atoms with Gasteiger partial charge in [0.15, 0.2) is 0 Å². The summed E-state index contributed by atoms with van der Waals surface area (Å²) in [6, 6.07) is 10.9. The quantitative estimate of drug-likeness (QED) is 0.625. The van der Waals surface area contributed by atoms with Gasteiger partial charge in [0.25, 0.3) is 0 Å². The van der Waals surface area contributed by atoms with E-state index in [1.807, 2.05) is 30.3 Å². The van der Waals surface area contributed by atoms with Crippen LogP contribution in [0.1, 0.15) is 58.3 Å². The zero-order chi connectivity index (χ0) is 14.8. The summed E-state index contributed by atoms with van der Waals surface area (Å²) in [4.78, 5) is 0. The van der Waals surface area contributed by atoms with Crippen LogP contribution in [0.4, 0.5) is 0 Å². The molecule has 21 heavy (non-hydrogen) atoms. The standard InChI is InChI=1S/C19H31NO/c1-2-15-20-19(17-10-6-7-11-17)14-8-9-16-21-18-12-4-3-5-13-18/h3-5,12-13,17,19-20H,2,6-11,14-16H2,1H3. The van der Waals surface area contributed by atoms with Crippen molar-refractivity contribution >= 4 is 0 Å². The first-order valence-corrected chi connectivity index (χ1v) is 8.81. The van der Waals surface area contributed by atoms with Crippen molar-refractivity contribution in [1.29, 1.82) is 0 Å². The summed E-state index contributed by atoms with van der Waals surface area (Å²) in [5.41, 5.74) is 0. The van der Waals surface area contributed by atoms with Crippen LogP contribution >= 0.6 is 0 Å². The molecule has 2 heteroatoms. The third-order valence-corrected chi connectivity index (χ3v) is 4.55. The summed E-state index contributed by atoms with van der Waals surface area (Å²) in [6.07, 6.45) is 10.7. The van der Waals surface area contributed by atoms with Crippen molar-refractivity contribution in [2.75, 3.05) is 13.2 Å². The smallest absolute Gasteiger partial charge is 0.119 e. The molecule has 0 amide bonds. The number of rotatable bonds is 10. The predicted molar refractivity (Wildman–Crippen MR) is 89.8 cm³/mol. The molecule has 0 radical (unpaired) electrons. The molecule has 118 valence electrons. The predicted octanol–water partition coefficient (Wildman–Crippen LogP) is 4.79. The van der Waals surface area contributed by atoms with Gasteiger partial charge in [-0.3, -0.25) is 0 Å².